The van der Waals surface area contributed by atoms with Gasteiger partial charge in [-0.25, -0.2) is 4.98 Å². The first kappa shape index (κ1) is 20.3. The van der Waals surface area contributed by atoms with Crippen molar-refractivity contribution in [3.8, 4) is 5.75 Å². The number of nitrogens with zero attached hydrogens (tertiary/aromatic N) is 5. The number of amides is 1. The molecule has 1 aromatic heterocycles. The molecule has 1 fully saturated rings. The number of rotatable bonds is 9. The molecule has 7 nitrogen and oxygen atoms in total. The van der Waals surface area contributed by atoms with Gasteiger partial charge in [0.1, 0.15) is 18.4 Å². The van der Waals surface area contributed by atoms with Crippen molar-refractivity contribution in [3.63, 3.8) is 0 Å². The van der Waals surface area contributed by atoms with Gasteiger partial charge in [0.15, 0.2) is 0 Å². The lowest BCUT2D eigenvalue weighted by Crippen LogP contribution is -2.42. The first-order valence-corrected chi connectivity index (χ1v) is 10.1. The van der Waals surface area contributed by atoms with Gasteiger partial charge in [0.05, 0.1) is 13.7 Å². The van der Waals surface area contributed by atoms with Crippen LogP contribution in [-0.2, 0) is 17.8 Å². The van der Waals surface area contributed by atoms with Gasteiger partial charge in [-0.3, -0.25) is 9.48 Å². The number of piperidine rings is 1. The molecule has 0 N–H and O–H groups in total. The summed E-state index contributed by atoms with van der Waals surface area (Å²) >= 11 is 0. The van der Waals surface area contributed by atoms with E-state index in [4.69, 9.17) is 4.74 Å². The van der Waals surface area contributed by atoms with Crippen molar-refractivity contribution < 1.29 is 9.53 Å². The molecule has 1 atom stereocenters. The fourth-order valence-electron chi connectivity index (χ4n) is 3.93. The van der Waals surface area contributed by atoms with Crippen LogP contribution in [-0.4, -0.2) is 70.8 Å². The highest BCUT2D eigenvalue weighted by atomic mass is 16.5. The molecule has 0 saturated carbocycles. The number of methoxy groups -OCH3 is 1. The Hall–Kier alpha value is -2.41. The molecule has 0 spiro atoms. The highest BCUT2D eigenvalue weighted by molar-refractivity contribution is 5.75. The Bertz CT molecular complexity index is 734. The van der Waals surface area contributed by atoms with Gasteiger partial charge in [-0.2, -0.15) is 5.10 Å². The van der Waals surface area contributed by atoms with E-state index in [0.717, 1.165) is 38.3 Å². The van der Waals surface area contributed by atoms with Crippen LogP contribution < -0.4 is 4.74 Å². The topological polar surface area (TPSA) is 63.5 Å². The van der Waals surface area contributed by atoms with Crippen LogP contribution in [0.2, 0.25) is 0 Å². The van der Waals surface area contributed by atoms with Crippen LogP contribution >= 0.6 is 0 Å². The SMILES string of the molecule is COc1ccccc1CCN1CCC[C@H](CN(C)C(=O)CCn2cncn2)C1. The lowest BCUT2D eigenvalue weighted by atomic mass is 9.97. The summed E-state index contributed by atoms with van der Waals surface area (Å²) in [5, 5.41) is 4.05. The number of benzene rings is 1. The summed E-state index contributed by atoms with van der Waals surface area (Å²) in [5.74, 6) is 1.67. The molecule has 2 aromatic rings. The first-order valence-electron chi connectivity index (χ1n) is 10.1. The molecule has 152 valence electrons. The van der Waals surface area contributed by atoms with E-state index >= 15 is 0 Å². The van der Waals surface area contributed by atoms with Crippen LogP contribution in [0.1, 0.15) is 24.8 Å². The number of carbonyl (C=O) groups is 1. The third-order valence-electron chi connectivity index (χ3n) is 5.47. The molecule has 3 rings (SSSR count). The summed E-state index contributed by atoms with van der Waals surface area (Å²) in [6.45, 7) is 4.62. The van der Waals surface area contributed by atoms with Crippen molar-refractivity contribution in [2.24, 2.45) is 5.92 Å². The summed E-state index contributed by atoms with van der Waals surface area (Å²) in [7, 11) is 3.64. The summed E-state index contributed by atoms with van der Waals surface area (Å²) in [5.41, 5.74) is 1.26. The Labute approximate surface area is 167 Å². The van der Waals surface area contributed by atoms with E-state index in [1.54, 1.807) is 18.1 Å². The average molecular weight is 386 g/mol. The molecule has 1 aliphatic heterocycles. The number of ether oxygens (including phenoxy) is 1. The van der Waals surface area contributed by atoms with E-state index in [0.29, 0.717) is 18.9 Å². The number of aromatic nitrogens is 3. The number of aryl methyl sites for hydroxylation is 1. The Kier molecular flexibility index (Phi) is 7.42. The molecule has 0 bridgehead atoms. The third kappa shape index (κ3) is 5.79. The van der Waals surface area contributed by atoms with Crippen molar-refractivity contribution in [2.45, 2.75) is 32.2 Å². The molecule has 1 aromatic carbocycles. The van der Waals surface area contributed by atoms with Crippen molar-refractivity contribution in [2.75, 3.05) is 40.3 Å². The van der Waals surface area contributed by atoms with E-state index in [2.05, 4.69) is 27.1 Å². The predicted molar refractivity (Wildman–Crippen MR) is 108 cm³/mol. The zero-order valence-electron chi connectivity index (χ0n) is 17.0. The molecule has 0 aliphatic carbocycles. The van der Waals surface area contributed by atoms with Gasteiger partial charge in [0.25, 0.3) is 0 Å². The molecule has 0 radical (unpaired) electrons. The van der Waals surface area contributed by atoms with Crippen LogP contribution in [0.3, 0.4) is 0 Å². The summed E-state index contributed by atoms with van der Waals surface area (Å²) in [6, 6.07) is 8.24. The number of likely N-dealkylation sites (tertiary alicyclic amines) is 1. The normalized spacial score (nSPS) is 17.4. The molecular weight excluding hydrogens is 354 g/mol. The minimum Gasteiger partial charge on any atom is -0.496 e. The largest absolute Gasteiger partial charge is 0.496 e. The molecule has 1 saturated heterocycles. The molecule has 2 heterocycles. The van der Waals surface area contributed by atoms with Crippen LogP contribution in [0.15, 0.2) is 36.9 Å². The number of carbonyl (C=O) groups excluding carboxylic acids is 1. The molecule has 1 aliphatic rings. The van der Waals surface area contributed by atoms with Crippen LogP contribution in [0.25, 0.3) is 0 Å². The highest BCUT2D eigenvalue weighted by Crippen LogP contribution is 2.21. The Morgan fingerprint density at radius 1 is 1.32 bits per heavy atom. The monoisotopic (exact) mass is 385 g/mol. The fourth-order valence-corrected chi connectivity index (χ4v) is 3.93. The summed E-state index contributed by atoms with van der Waals surface area (Å²) in [4.78, 5) is 20.7. The molecule has 28 heavy (non-hydrogen) atoms. The quantitative estimate of drug-likeness (QED) is 0.661. The van der Waals surface area contributed by atoms with E-state index < -0.39 is 0 Å². The second-order valence-electron chi connectivity index (χ2n) is 7.55. The van der Waals surface area contributed by atoms with Crippen LogP contribution in [0.4, 0.5) is 0 Å². The molecular formula is C21H31N5O2. The molecule has 0 unspecified atom stereocenters. The van der Waals surface area contributed by atoms with E-state index in [1.807, 2.05) is 24.1 Å². The van der Waals surface area contributed by atoms with Crippen molar-refractivity contribution in [3.05, 3.63) is 42.5 Å². The molecule has 1 amide bonds. The van der Waals surface area contributed by atoms with Crippen molar-refractivity contribution in [1.29, 1.82) is 0 Å². The number of hydrogen-bond acceptors (Lipinski definition) is 5. The van der Waals surface area contributed by atoms with E-state index in [1.165, 1.54) is 24.7 Å². The Morgan fingerprint density at radius 2 is 2.18 bits per heavy atom. The lowest BCUT2D eigenvalue weighted by molar-refractivity contribution is -0.131. The standard InChI is InChI=1S/C21H31N5O2/c1-24(21(27)10-13-26-17-22-16-23-26)14-18-6-5-11-25(15-18)12-9-19-7-3-4-8-20(19)28-2/h3-4,7-8,16-18H,5-6,9-15H2,1-2H3/t18-/m1/s1. The minimum absolute atomic E-state index is 0.168. The highest BCUT2D eigenvalue weighted by Gasteiger charge is 2.22. The van der Waals surface area contributed by atoms with Gasteiger partial charge in [0, 0.05) is 33.1 Å². The smallest absolute Gasteiger partial charge is 0.224 e. The van der Waals surface area contributed by atoms with Gasteiger partial charge in [-0.15, -0.1) is 0 Å². The maximum Gasteiger partial charge on any atom is 0.224 e. The van der Waals surface area contributed by atoms with Gasteiger partial charge >= 0.3 is 0 Å². The predicted octanol–water partition coefficient (Wildman–Crippen LogP) is 2.09. The average Bonchev–Trinajstić information content (AvgIpc) is 3.24. The maximum atomic E-state index is 12.4. The van der Waals surface area contributed by atoms with E-state index in [9.17, 15) is 4.79 Å². The van der Waals surface area contributed by atoms with Crippen LogP contribution in [0.5, 0.6) is 5.75 Å². The second-order valence-corrected chi connectivity index (χ2v) is 7.55. The van der Waals surface area contributed by atoms with Gasteiger partial charge in [0.2, 0.25) is 5.91 Å². The van der Waals surface area contributed by atoms with Crippen LogP contribution in [0, 0.1) is 5.92 Å². The summed E-state index contributed by atoms with van der Waals surface area (Å²) in [6.07, 6.45) is 6.97. The zero-order chi connectivity index (χ0) is 19.8. The Balaban J connectivity index is 1.43. The lowest BCUT2D eigenvalue weighted by Gasteiger charge is -2.34. The number of para-hydroxylation sites is 1. The zero-order valence-corrected chi connectivity index (χ0v) is 17.0. The van der Waals surface area contributed by atoms with Crippen molar-refractivity contribution in [1.82, 2.24) is 24.6 Å². The minimum atomic E-state index is 0.168. The first-order chi connectivity index (χ1) is 13.7. The second kappa shape index (κ2) is 10.2. The Morgan fingerprint density at radius 3 is 2.96 bits per heavy atom. The number of hydrogen-bond donors (Lipinski definition) is 0. The van der Waals surface area contributed by atoms with Gasteiger partial charge in [-0.1, -0.05) is 18.2 Å². The van der Waals surface area contributed by atoms with E-state index in [-0.39, 0.29) is 5.91 Å². The van der Waals surface area contributed by atoms with Gasteiger partial charge in [-0.05, 0) is 43.4 Å². The molecule has 7 heteroatoms. The van der Waals surface area contributed by atoms with Gasteiger partial charge < -0.3 is 14.5 Å². The van der Waals surface area contributed by atoms with Crippen molar-refractivity contribution >= 4 is 5.91 Å². The third-order valence-corrected chi connectivity index (χ3v) is 5.47. The fraction of sp³-hybridized carbons (Fsp3) is 0.571. The maximum absolute atomic E-state index is 12.4. The summed E-state index contributed by atoms with van der Waals surface area (Å²) < 4.78 is 7.16.